The topological polar surface area (TPSA) is 775 Å². The van der Waals surface area contributed by atoms with Crippen LogP contribution in [0.1, 0.15) is 104 Å². The van der Waals surface area contributed by atoms with Crippen LogP contribution in [0.5, 0.6) is 0 Å². The summed E-state index contributed by atoms with van der Waals surface area (Å²) in [6.45, 7) is 2.86. The average Bonchev–Trinajstić information content (AvgIpc) is 1.68. The molecule has 47 nitrogen and oxygen atoms in total. The molecule has 0 aliphatic rings. The summed E-state index contributed by atoms with van der Waals surface area (Å²) in [4.78, 5) is 264. The van der Waals surface area contributed by atoms with Gasteiger partial charge in [0, 0.05) is 55.1 Å². The monoisotopic (exact) mass is 1640 g/mol. The number of hydrogen-bond acceptors (Lipinski definition) is 25. The Morgan fingerprint density at radius 1 is 0.430 bits per heavy atom. The van der Waals surface area contributed by atoms with Gasteiger partial charge in [-0.15, -0.1) is 0 Å². The first-order valence-corrected chi connectivity index (χ1v) is 35.8. The number of thiol groups is 1. The number of benzene rings is 1. The van der Waals surface area contributed by atoms with E-state index in [1.807, 2.05) is 10.6 Å². The molecule has 0 saturated carbocycles. The van der Waals surface area contributed by atoms with Crippen LogP contribution < -0.4 is 91.2 Å². The number of H-pyrrole nitrogens is 1. The molecule has 0 unspecified atom stereocenters. The number of aromatic amines is 1. The summed E-state index contributed by atoms with van der Waals surface area (Å²) in [5, 5.41) is 119. The Labute approximate surface area is 654 Å². The minimum atomic E-state index is -2.23. The van der Waals surface area contributed by atoms with E-state index >= 15 is 0 Å². The molecule has 1 aromatic carbocycles. The molecule has 0 spiro atoms. The number of carboxylic acid groups (broad SMARTS) is 6. The third kappa shape index (κ3) is 34.9. The van der Waals surface area contributed by atoms with Crippen LogP contribution in [0.2, 0.25) is 0 Å². The highest BCUT2D eigenvalue weighted by atomic mass is 32.1. The van der Waals surface area contributed by atoms with Crippen molar-refractivity contribution in [3.8, 4) is 0 Å². The van der Waals surface area contributed by atoms with E-state index in [4.69, 9.17) is 22.0 Å². The predicted molar refractivity (Wildman–Crippen MR) is 394 cm³/mol. The van der Waals surface area contributed by atoms with E-state index in [-0.39, 0.29) is 24.9 Å². The fourth-order valence-corrected chi connectivity index (χ4v) is 10.7. The molecule has 0 saturated heterocycles. The Balaban J connectivity index is 2.44. The summed E-state index contributed by atoms with van der Waals surface area (Å²) in [6.07, 6.45) is -6.10. The summed E-state index contributed by atoms with van der Waals surface area (Å²) in [5.74, 6) is -29.0. The second-order valence-corrected chi connectivity index (χ2v) is 26.6. The van der Waals surface area contributed by atoms with Crippen molar-refractivity contribution in [2.45, 2.75) is 184 Å². The molecule has 13 atom stereocenters. The van der Waals surface area contributed by atoms with Crippen LogP contribution in [-0.2, 0) is 102 Å². The zero-order chi connectivity index (χ0) is 86.4. The first-order valence-electron chi connectivity index (χ1n) is 35.2. The number of aliphatic hydroxyl groups is 2. The lowest BCUT2D eigenvalue weighted by atomic mass is 10.0. The highest BCUT2D eigenvalue weighted by Crippen LogP contribution is 2.20. The Morgan fingerprint density at radius 3 is 1.28 bits per heavy atom. The van der Waals surface area contributed by atoms with Crippen LogP contribution in [0.3, 0.4) is 0 Å². The fourth-order valence-electron chi connectivity index (χ4n) is 10.4. The highest BCUT2D eigenvalue weighted by Gasteiger charge is 2.39. The van der Waals surface area contributed by atoms with Gasteiger partial charge in [0.15, 0.2) is 5.96 Å². The van der Waals surface area contributed by atoms with Crippen molar-refractivity contribution < 1.29 is 137 Å². The largest absolute Gasteiger partial charge is 0.481 e. The standard InChI is InChI=1S/C66H99N19O28S/c1-28(2)51(85-62(109)43(27-114)83-64(111)52(29(3)4)84-61(108)42(26-87)81-53(100)30(5)73-55(102)34(12-15-46(90)91)74-44(88)22-67)63(110)77-36(14-17-48(94)95)56(103)80-40(21-50(98)99)60(107)79-38(19-31-23-71-33-10-7-6-9-32(31)33)58(105)76-35(13-16-47(92)93)57(104)82-41(25-86)54(101)72-24-45(89)75-39(20-49(96)97)59(106)78-37(65(112)113)11-8-18-70-66(68)69/h6-7,9-10,23,28-30,34-43,51-52,71,86-87,114H,8,11-22,24-27,67H2,1-5H3,(H,72,101)(H,73,102)(H,74,88)(H,75,89)(H,76,105)(H,77,110)(H,78,106)(H,79,107)(H,80,103)(H,81,100)(H,82,104)(H,83,111)(H,84,108)(H,85,109)(H,90,91)(H,92,93)(H,94,95)(H,96,97)(H,98,99)(H,112,113)(H4,68,69,70)/t30-,34-,35-,36-,37-,38-,39-,40-,41-,42-,43-,51-,52-/m0/s1. The second-order valence-electron chi connectivity index (χ2n) is 26.3. The Morgan fingerprint density at radius 2 is 0.816 bits per heavy atom. The van der Waals surface area contributed by atoms with Gasteiger partial charge in [0.1, 0.15) is 78.5 Å². The smallest absolute Gasteiger partial charge is 0.326 e. The number of para-hydroxylation sites is 1. The fraction of sp³-hybridized carbons (Fsp3) is 0.561. The summed E-state index contributed by atoms with van der Waals surface area (Å²) in [5.41, 5.74) is 11.2. The van der Waals surface area contributed by atoms with Gasteiger partial charge in [-0.05, 0) is 62.5 Å². The Bertz CT molecular complexity index is 3820. The van der Waals surface area contributed by atoms with Crippen molar-refractivity contribution in [1.82, 2.24) is 84.7 Å². The molecule has 632 valence electrons. The number of nitrogens with two attached hydrogens (primary N) is 2. The molecule has 0 fully saturated rings. The third-order valence-corrected chi connectivity index (χ3v) is 16.9. The van der Waals surface area contributed by atoms with Gasteiger partial charge < -0.3 is 137 Å². The number of aliphatic carboxylic acids is 6. The van der Waals surface area contributed by atoms with Crippen LogP contribution >= 0.6 is 12.6 Å². The number of carbonyl (C=O) groups excluding carboxylic acids is 14. The minimum Gasteiger partial charge on any atom is -0.481 e. The Kier molecular flexibility index (Phi) is 42.1. The SMILES string of the molecule is CC(C)[C@H](NC(=O)[C@H](CS)NC(=O)[C@@H](NC(=O)[C@H](CO)NC(=O)[C@H](C)NC(=O)[C@H](CCC(=O)O)NC(=O)CN)C(C)C)C(=O)N[C@@H](CCC(=O)O)C(=O)N[C@@H](CC(=O)O)C(=O)N[C@@H](Cc1c[nH]c2ccccc12)C(=O)N[C@@H](CCC(=O)O)C(=O)N[C@@H](CO)C(=O)NCC(=O)N[C@@H](CC(=O)O)C(=O)N[C@@H](CCCNC(=N)N)C(=O)O. The van der Waals surface area contributed by atoms with Crippen LogP contribution in [0.4, 0.5) is 0 Å². The molecule has 0 bridgehead atoms. The first-order chi connectivity index (χ1) is 53.5. The van der Waals surface area contributed by atoms with Crippen molar-refractivity contribution in [2.24, 2.45) is 23.3 Å². The van der Waals surface area contributed by atoms with Gasteiger partial charge in [-0.1, -0.05) is 45.9 Å². The summed E-state index contributed by atoms with van der Waals surface area (Å²) < 4.78 is 0. The summed E-state index contributed by atoms with van der Waals surface area (Å²) in [6, 6.07) is -16.9. The molecular formula is C66H99N19O28S. The number of hydrogen-bond donors (Lipinski definition) is 28. The van der Waals surface area contributed by atoms with E-state index in [0.717, 1.165) is 6.92 Å². The second kappa shape index (κ2) is 49.1. The zero-order valence-corrected chi connectivity index (χ0v) is 63.3. The van der Waals surface area contributed by atoms with E-state index in [2.05, 4.69) is 86.7 Å². The maximum atomic E-state index is 14.6. The molecule has 114 heavy (non-hydrogen) atoms. The number of carboxylic acids is 6. The number of carbonyl (C=O) groups is 20. The van der Waals surface area contributed by atoms with Crippen molar-refractivity contribution in [3.05, 3.63) is 36.0 Å². The van der Waals surface area contributed by atoms with Crippen molar-refractivity contribution in [1.29, 1.82) is 5.41 Å². The number of guanidine groups is 1. The van der Waals surface area contributed by atoms with Gasteiger partial charge >= 0.3 is 35.8 Å². The van der Waals surface area contributed by atoms with Gasteiger partial charge in [0.25, 0.3) is 0 Å². The zero-order valence-electron chi connectivity index (χ0n) is 62.4. The van der Waals surface area contributed by atoms with Crippen LogP contribution in [-0.4, -0.2) is 287 Å². The summed E-state index contributed by atoms with van der Waals surface area (Å²) >= 11 is 4.17. The van der Waals surface area contributed by atoms with Crippen LogP contribution in [0, 0.1) is 17.2 Å². The first kappa shape index (κ1) is 97.7. The highest BCUT2D eigenvalue weighted by molar-refractivity contribution is 7.80. The van der Waals surface area contributed by atoms with Crippen LogP contribution in [0.25, 0.3) is 10.9 Å². The number of amides is 14. The maximum absolute atomic E-state index is 14.6. The molecular weight excluding hydrogens is 1540 g/mol. The van der Waals surface area contributed by atoms with Crippen LogP contribution in [0.15, 0.2) is 30.5 Å². The van der Waals surface area contributed by atoms with Crippen molar-refractivity contribution >= 4 is 148 Å². The molecule has 0 radical (unpaired) electrons. The van der Waals surface area contributed by atoms with Crippen molar-refractivity contribution in [3.63, 3.8) is 0 Å². The van der Waals surface area contributed by atoms with E-state index in [9.17, 15) is 132 Å². The normalized spacial score (nSPS) is 14.4. The van der Waals surface area contributed by atoms with Gasteiger partial charge in [0.2, 0.25) is 82.7 Å². The Hall–Kier alpha value is -12.3. The molecule has 2 rings (SSSR count). The average molecular weight is 1640 g/mol. The van der Waals surface area contributed by atoms with E-state index < -0.39 is 305 Å². The number of nitrogens with one attached hydrogen (secondary N) is 17. The molecule has 1 aromatic heterocycles. The lowest BCUT2D eigenvalue weighted by Gasteiger charge is -2.29. The molecule has 0 aliphatic heterocycles. The van der Waals surface area contributed by atoms with E-state index in [0.29, 0.717) is 10.9 Å². The molecule has 14 amide bonds. The van der Waals surface area contributed by atoms with Gasteiger partial charge in [-0.25, -0.2) is 4.79 Å². The summed E-state index contributed by atoms with van der Waals surface area (Å²) in [7, 11) is 0. The number of aromatic nitrogens is 1. The molecule has 29 N–H and O–H groups in total. The molecule has 2 aromatic rings. The third-order valence-electron chi connectivity index (χ3n) is 16.5. The quantitative estimate of drug-likeness (QED) is 0.0127. The van der Waals surface area contributed by atoms with Crippen molar-refractivity contribution in [2.75, 3.05) is 38.6 Å². The molecule has 48 heteroatoms. The maximum Gasteiger partial charge on any atom is 0.326 e. The minimum absolute atomic E-state index is 0.0129. The number of aliphatic hydroxyl groups excluding tert-OH is 2. The molecule has 0 aliphatic carbocycles. The van der Waals surface area contributed by atoms with Gasteiger partial charge in [-0.3, -0.25) is 96.5 Å². The number of fused-ring (bicyclic) bond motifs is 1. The lowest BCUT2D eigenvalue weighted by molar-refractivity contribution is -0.144. The molecule has 1 heterocycles. The van der Waals surface area contributed by atoms with Gasteiger partial charge in [0.05, 0.1) is 39.1 Å². The van der Waals surface area contributed by atoms with Gasteiger partial charge in [-0.2, -0.15) is 12.6 Å². The predicted octanol–water partition coefficient (Wildman–Crippen LogP) is -9.77. The lowest BCUT2D eigenvalue weighted by Crippen LogP contribution is -2.62. The van der Waals surface area contributed by atoms with E-state index in [1.165, 1.54) is 33.9 Å². The number of rotatable bonds is 53. The van der Waals surface area contributed by atoms with E-state index in [1.54, 1.807) is 24.3 Å².